The van der Waals surface area contributed by atoms with Crippen molar-refractivity contribution in [1.29, 1.82) is 0 Å². The van der Waals surface area contributed by atoms with Gasteiger partial charge in [0.15, 0.2) is 0 Å². The summed E-state index contributed by atoms with van der Waals surface area (Å²) in [7, 11) is 0. The highest BCUT2D eigenvalue weighted by Crippen LogP contribution is 2.21. The number of aromatic nitrogens is 1. The topological polar surface area (TPSA) is 72.5 Å². The second-order valence-electron chi connectivity index (χ2n) is 5.46. The molecule has 134 valence electrons. The molecule has 1 atom stereocenters. The third kappa shape index (κ3) is 5.16. The smallest absolute Gasteiger partial charge is 0.255 e. The minimum Gasteiger partial charge on any atom is -0.478 e. The molecule has 1 aliphatic heterocycles. The van der Waals surface area contributed by atoms with Crippen molar-refractivity contribution >= 4 is 24.0 Å². The van der Waals surface area contributed by atoms with Crippen molar-refractivity contribution in [3.8, 4) is 5.88 Å². The van der Waals surface area contributed by atoms with Gasteiger partial charge in [0.25, 0.3) is 5.91 Å². The average Bonchev–Trinajstić information content (AvgIpc) is 2.64. The number of hydrogen-bond acceptors (Lipinski definition) is 5. The Hall–Kier alpha value is -2.15. The standard InChI is InChI=1S/C18H21N3O3.ClH/c1-2-23-17-11-14(7-8-20-17)18(22)21-15-5-3-13(4-6-15)16-12-19-9-10-24-16;/h3-8,11,16,19H,2,9-10,12H2,1H3,(H,21,22);1H. The Bertz CT molecular complexity index is 688. The molecule has 1 unspecified atom stereocenters. The van der Waals surface area contributed by atoms with Gasteiger partial charge in [0.1, 0.15) is 0 Å². The Kier molecular flexibility index (Phi) is 7.18. The second kappa shape index (κ2) is 9.36. The van der Waals surface area contributed by atoms with Gasteiger partial charge in [-0.05, 0) is 30.7 Å². The van der Waals surface area contributed by atoms with Crippen molar-refractivity contribution in [2.24, 2.45) is 0 Å². The number of anilines is 1. The number of ether oxygens (including phenoxy) is 2. The monoisotopic (exact) mass is 363 g/mol. The van der Waals surface area contributed by atoms with Crippen LogP contribution in [0.5, 0.6) is 5.88 Å². The van der Waals surface area contributed by atoms with Crippen LogP contribution in [-0.4, -0.2) is 37.2 Å². The van der Waals surface area contributed by atoms with Crippen LogP contribution >= 0.6 is 12.4 Å². The van der Waals surface area contributed by atoms with E-state index in [0.717, 1.165) is 24.3 Å². The predicted molar refractivity (Wildman–Crippen MR) is 98.6 cm³/mol. The lowest BCUT2D eigenvalue weighted by Crippen LogP contribution is -2.33. The third-order valence-electron chi connectivity index (χ3n) is 3.76. The average molecular weight is 364 g/mol. The molecule has 0 bridgehead atoms. The molecule has 7 heteroatoms. The molecule has 1 aromatic heterocycles. The Morgan fingerprint density at radius 2 is 2.16 bits per heavy atom. The van der Waals surface area contributed by atoms with E-state index in [1.165, 1.54) is 0 Å². The van der Waals surface area contributed by atoms with Crippen molar-refractivity contribution in [3.05, 3.63) is 53.7 Å². The minimum atomic E-state index is -0.193. The number of nitrogens with one attached hydrogen (secondary N) is 2. The number of halogens is 1. The molecule has 1 saturated heterocycles. The Balaban J connectivity index is 0.00000225. The van der Waals surface area contributed by atoms with Gasteiger partial charge >= 0.3 is 0 Å². The number of carbonyl (C=O) groups excluding carboxylic acids is 1. The number of pyridine rings is 1. The van der Waals surface area contributed by atoms with Gasteiger partial charge < -0.3 is 20.1 Å². The molecule has 2 N–H and O–H groups in total. The maximum absolute atomic E-state index is 12.3. The number of rotatable bonds is 5. The van der Waals surface area contributed by atoms with E-state index in [1.54, 1.807) is 18.3 Å². The van der Waals surface area contributed by atoms with E-state index in [0.29, 0.717) is 24.7 Å². The summed E-state index contributed by atoms with van der Waals surface area (Å²) in [5.41, 5.74) is 2.35. The fourth-order valence-electron chi connectivity index (χ4n) is 2.54. The number of benzene rings is 1. The van der Waals surface area contributed by atoms with E-state index < -0.39 is 0 Å². The first-order valence-electron chi connectivity index (χ1n) is 8.08. The second-order valence-corrected chi connectivity index (χ2v) is 5.46. The lowest BCUT2D eigenvalue weighted by Gasteiger charge is -2.24. The predicted octanol–water partition coefficient (Wildman–Crippen LogP) is 2.82. The lowest BCUT2D eigenvalue weighted by atomic mass is 10.1. The molecule has 0 aliphatic carbocycles. The van der Waals surface area contributed by atoms with Gasteiger partial charge in [0, 0.05) is 36.6 Å². The summed E-state index contributed by atoms with van der Waals surface area (Å²) in [6.45, 7) is 4.80. The van der Waals surface area contributed by atoms with Crippen molar-refractivity contribution in [2.45, 2.75) is 13.0 Å². The molecule has 1 fully saturated rings. The zero-order valence-corrected chi connectivity index (χ0v) is 14.8. The zero-order chi connectivity index (χ0) is 16.8. The summed E-state index contributed by atoms with van der Waals surface area (Å²) in [6, 6.07) is 11.0. The van der Waals surface area contributed by atoms with E-state index in [1.807, 2.05) is 31.2 Å². The molecule has 0 saturated carbocycles. The van der Waals surface area contributed by atoms with Gasteiger partial charge in [0.2, 0.25) is 5.88 Å². The highest BCUT2D eigenvalue weighted by molar-refractivity contribution is 6.04. The molecule has 1 aromatic carbocycles. The van der Waals surface area contributed by atoms with Crippen molar-refractivity contribution in [1.82, 2.24) is 10.3 Å². The van der Waals surface area contributed by atoms with Crippen molar-refractivity contribution in [2.75, 3.05) is 31.6 Å². The number of amides is 1. The molecular formula is C18H22ClN3O3. The Labute approximate surface area is 153 Å². The summed E-state index contributed by atoms with van der Waals surface area (Å²) in [5, 5.41) is 6.18. The van der Waals surface area contributed by atoms with Crippen LogP contribution in [0.25, 0.3) is 0 Å². The van der Waals surface area contributed by atoms with Crippen LogP contribution in [0.3, 0.4) is 0 Å². The van der Waals surface area contributed by atoms with E-state index in [-0.39, 0.29) is 24.4 Å². The normalized spacial score (nSPS) is 16.6. The molecule has 25 heavy (non-hydrogen) atoms. The first-order valence-corrected chi connectivity index (χ1v) is 8.08. The number of carbonyl (C=O) groups is 1. The van der Waals surface area contributed by atoms with E-state index in [9.17, 15) is 4.79 Å². The molecule has 1 amide bonds. The largest absolute Gasteiger partial charge is 0.478 e. The summed E-state index contributed by atoms with van der Waals surface area (Å²) in [5.74, 6) is 0.254. The molecule has 3 rings (SSSR count). The fraction of sp³-hybridized carbons (Fsp3) is 0.333. The van der Waals surface area contributed by atoms with E-state index >= 15 is 0 Å². The minimum absolute atomic E-state index is 0. The lowest BCUT2D eigenvalue weighted by molar-refractivity contribution is 0.0277. The van der Waals surface area contributed by atoms with Crippen LogP contribution in [0, 0.1) is 0 Å². The highest BCUT2D eigenvalue weighted by Gasteiger charge is 2.15. The SMILES string of the molecule is CCOc1cc(C(=O)Nc2ccc(C3CNCCO3)cc2)ccn1.Cl. The summed E-state index contributed by atoms with van der Waals surface area (Å²) in [6.07, 6.45) is 1.63. The van der Waals surface area contributed by atoms with Crippen LogP contribution in [0.2, 0.25) is 0 Å². The number of hydrogen-bond donors (Lipinski definition) is 2. The number of nitrogens with zero attached hydrogens (tertiary/aromatic N) is 1. The molecular weight excluding hydrogens is 342 g/mol. The molecule has 0 spiro atoms. The summed E-state index contributed by atoms with van der Waals surface area (Å²) in [4.78, 5) is 16.4. The highest BCUT2D eigenvalue weighted by atomic mass is 35.5. The molecule has 1 aliphatic rings. The summed E-state index contributed by atoms with van der Waals surface area (Å²) < 4.78 is 11.0. The van der Waals surface area contributed by atoms with E-state index in [2.05, 4.69) is 15.6 Å². The maximum atomic E-state index is 12.3. The number of morpholine rings is 1. The maximum Gasteiger partial charge on any atom is 0.255 e. The van der Waals surface area contributed by atoms with Gasteiger partial charge in [0.05, 0.1) is 19.3 Å². The van der Waals surface area contributed by atoms with Crippen LogP contribution in [0.1, 0.15) is 28.9 Å². The van der Waals surface area contributed by atoms with Crippen LogP contribution in [-0.2, 0) is 4.74 Å². The quantitative estimate of drug-likeness (QED) is 0.854. The van der Waals surface area contributed by atoms with Gasteiger partial charge in [-0.15, -0.1) is 12.4 Å². The molecule has 2 heterocycles. The molecule has 0 radical (unpaired) electrons. The van der Waals surface area contributed by atoms with Crippen molar-refractivity contribution in [3.63, 3.8) is 0 Å². The summed E-state index contributed by atoms with van der Waals surface area (Å²) >= 11 is 0. The van der Waals surface area contributed by atoms with Crippen LogP contribution < -0.4 is 15.4 Å². The van der Waals surface area contributed by atoms with E-state index in [4.69, 9.17) is 9.47 Å². The Morgan fingerprint density at radius 1 is 1.36 bits per heavy atom. The molecule has 6 nitrogen and oxygen atoms in total. The Morgan fingerprint density at radius 3 is 2.84 bits per heavy atom. The van der Waals surface area contributed by atoms with Gasteiger partial charge in [-0.2, -0.15) is 0 Å². The zero-order valence-electron chi connectivity index (χ0n) is 14.0. The van der Waals surface area contributed by atoms with Gasteiger partial charge in [-0.1, -0.05) is 12.1 Å². The van der Waals surface area contributed by atoms with Gasteiger partial charge in [-0.3, -0.25) is 4.79 Å². The van der Waals surface area contributed by atoms with Gasteiger partial charge in [-0.25, -0.2) is 4.98 Å². The first kappa shape index (κ1) is 19.2. The van der Waals surface area contributed by atoms with Crippen molar-refractivity contribution < 1.29 is 14.3 Å². The third-order valence-corrected chi connectivity index (χ3v) is 3.76. The fourth-order valence-corrected chi connectivity index (χ4v) is 2.54. The molecule has 2 aromatic rings. The first-order chi connectivity index (χ1) is 11.8. The van der Waals surface area contributed by atoms with Crippen LogP contribution in [0.15, 0.2) is 42.6 Å². The van der Waals surface area contributed by atoms with Crippen LogP contribution in [0.4, 0.5) is 5.69 Å².